The molecule has 0 N–H and O–H groups in total. The molecule has 0 aliphatic carbocycles. The van der Waals surface area contributed by atoms with Crippen LogP contribution in [-0.4, -0.2) is 20.3 Å². The van der Waals surface area contributed by atoms with Crippen molar-refractivity contribution < 1.29 is 9.31 Å². The van der Waals surface area contributed by atoms with Crippen molar-refractivity contribution in [3.05, 3.63) is 52.5 Å². The zero-order valence-corrected chi connectivity index (χ0v) is 14.6. The Balaban J connectivity index is 1.69. The molecule has 5 heteroatoms. The van der Waals surface area contributed by atoms with Crippen LogP contribution in [0.1, 0.15) is 19.8 Å². The third-order valence-electron chi connectivity index (χ3n) is 4.10. The maximum absolute atomic E-state index is 6.08. The minimum absolute atomic E-state index is 0.258. The molecular weight excluding hydrogens is 330 g/mol. The maximum atomic E-state index is 6.08. The molecule has 2 nitrogen and oxygen atoms in total. The summed E-state index contributed by atoms with van der Waals surface area (Å²) < 4.78 is 11.7. The quantitative estimate of drug-likeness (QED) is 0.737. The Labute approximate surface area is 147 Å². The number of hydrogen-bond donors (Lipinski definition) is 0. The molecule has 0 radical (unpaired) electrons. The highest BCUT2D eigenvalue weighted by Gasteiger charge is 2.28. The highest BCUT2D eigenvalue weighted by atomic mass is 35.5. The molecule has 1 heterocycles. The Hall–Kier alpha value is -0.995. The van der Waals surface area contributed by atoms with Crippen LogP contribution >= 0.6 is 23.2 Å². The molecule has 1 saturated heterocycles. The van der Waals surface area contributed by atoms with Crippen molar-refractivity contribution in [3.63, 3.8) is 0 Å². The Morgan fingerprint density at radius 3 is 2.22 bits per heavy atom. The molecule has 1 fully saturated rings. The molecule has 0 atom stereocenters. The van der Waals surface area contributed by atoms with E-state index in [9.17, 15) is 0 Å². The normalized spacial score (nSPS) is 15.9. The smallest absolute Gasteiger partial charge is 0.407 e. The molecule has 2 aromatic rings. The van der Waals surface area contributed by atoms with Gasteiger partial charge in [-0.05, 0) is 35.1 Å². The number of benzene rings is 2. The molecule has 1 aliphatic heterocycles. The average molecular weight is 349 g/mol. The average Bonchev–Trinajstić information content (AvgIpc) is 2.59. The van der Waals surface area contributed by atoms with Gasteiger partial charge in [-0.2, -0.15) is 0 Å². The van der Waals surface area contributed by atoms with Crippen LogP contribution in [0, 0.1) is 5.92 Å². The maximum Gasteiger partial charge on any atom is 0.493 e. The Bertz CT molecular complexity index is 653. The molecule has 0 amide bonds. The van der Waals surface area contributed by atoms with E-state index >= 15 is 0 Å². The number of rotatable bonds is 4. The van der Waals surface area contributed by atoms with Crippen LogP contribution in [0.15, 0.2) is 42.5 Å². The fourth-order valence-corrected chi connectivity index (χ4v) is 3.12. The van der Waals surface area contributed by atoms with Crippen LogP contribution in [0.3, 0.4) is 0 Å². The van der Waals surface area contributed by atoms with Gasteiger partial charge in [0.2, 0.25) is 0 Å². The third-order valence-corrected chi connectivity index (χ3v) is 4.84. The van der Waals surface area contributed by atoms with E-state index < -0.39 is 0 Å². The van der Waals surface area contributed by atoms with Gasteiger partial charge in [0.1, 0.15) is 0 Å². The van der Waals surface area contributed by atoms with Crippen molar-refractivity contribution in [2.45, 2.75) is 19.8 Å². The van der Waals surface area contributed by atoms with E-state index in [1.165, 1.54) is 6.42 Å². The zero-order chi connectivity index (χ0) is 16.2. The second kappa shape index (κ2) is 7.72. The lowest BCUT2D eigenvalue weighted by atomic mass is 9.77. The molecule has 1 aliphatic rings. The lowest BCUT2D eigenvalue weighted by molar-refractivity contribution is 0.0821. The second-order valence-electron chi connectivity index (χ2n) is 5.90. The summed E-state index contributed by atoms with van der Waals surface area (Å²) in [6.07, 6.45) is 2.32. The highest BCUT2D eigenvalue weighted by Crippen LogP contribution is 2.28. The number of halogens is 2. The third kappa shape index (κ3) is 4.10. The predicted molar refractivity (Wildman–Crippen MR) is 97.6 cm³/mol. The minimum atomic E-state index is -0.258. The van der Waals surface area contributed by atoms with Crippen molar-refractivity contribution in [2.75, 3.05) is 13.2 Å². The van der Waals surface area contributed by atoms with Gasteiger partial charge in [-0.25, -0.2) is 0 Å². The van der Waals surface area contributed by atoms with Gasteiger partial charge in [-0.15, -0.1) is 0 Å². The van der Waals surface area contributed by atoms with Crippen molar-refractivity contribution in [3.8, 4) is 11.1 Å². The zero-order valence-electron chi connectivity index (χ0n) is 13.1. The monoisotopic (exact) mass is 348 g/mol. The standard InChI is InChI=1S/C18H19BCl2O2/c1-2-3-13-11-22-19(23-12-13)16-7-4-14(5-8-16)15-6-9-17(20)18(21)10-15/h4-10,13H,2-3,11-12H2,1H3. The topological polar surface area (TPSA) is 18.5 Å². The SMILES string of the molecule is CCCC1COB(c2ccc(-c3ccc(Cl)c(Cl)c3)cc2)OC1. The van der Waals surface area contributed by atoms with Crippen molar-refractivity contribution >= 4 is 35.8 Å². The predicted octanol–water partition coefficient (Wildman–Crippen LogP) is 4.82. The molecule has 0 bridgehead atoms. The number of hydrogen-bond acceptors (Lipinski definition) is 2. The molecule has 0 aromatic heterocycles. The lowest BCUT2D eigenvalue weighted by Gasteiger charge is -2.27. The molecule has 0 spiro atoms. The van der Waals surface area contributed by atoms with Crippen LogP contribution < -0.4 is 5.46 Å². The molecule has 120 valence electrons. The van der Waals surface area contributed by atoms with Gasteiger partial charge in [0.15, 0.2) is 0 Å². The fourth-order valence-electron chi connectivity index (χ4n) is 2.82. The molecule has 0 saturated carbocycles. The summed E-state index contributed by atoms with van der Waals surface area (Å²) in [6, 6.07) is 13.9. The minimum Gasteiger partial charge on any atom is -0.407 e. The van der Waals surface area contributed by atoms with Gasteiger partial charge >= 0.3 is 7.12 Å². The Morgan fingerprint density at radius 1 is 0.957 bits per heavy atom. The summed E-state index contributed by atoms with van der Waals surface area (Å²) >= 11 is 12.0. The van der Waals surface area contributed by atoms with Crippen molar-refractivity contribution in [2.24, 2.45) is 5.92 Å². The van der Waals surface area contributed by atoms with E-state index in [-0.39, 0.29) is 7.12 Å². The second-order valence-corrected chi connectivity index (χ2v) is 6.72. The summed E-state index contributed by atoms with van der Waals surface area (Å²) in [7, 11) is -0.258. The summed E-state index contributed by atoms with van der Waals surface area (Å²) in [5.41, 5.74) is 3.18. The van der Waals surface area contributed by atoms with Gasteiger partial charge in [0, 0.05) is 19.1 Å². The van der Waals surface area contributed by atoms with Gasteiger partial charge in [-0.1, -0.05) is 66.9 Å². The van der Waals surface area contributed by atoms with E-state index in [0.717, 1.165) is 36.2 Å². The largest absolute Gasteiger partial charge is 0.493 e. The fraction of sp³-hybridized carbons (Fsp3) is 0.333. The van der Waals surface area contributed by atoms with Gasteiger partial charge in [-0.3, -0.25) is 0 Å². The van der Waals surface area contributed by atoms with Crippen LogP contribution in [0.2, 0.25) is 10.0 Å². The first kappa shape index (κ1) is 16.8. The molecule has 23 heavy (non-hydrogen) atoms. The molecular formula is C18H19BCl2O2. The first-order valence-electron chi connectivity index (χ1n) is 7.96. The summed E-state index contributed by atoms with van der Waals surface area (Å²) in [5, 5.41) is 1.13. The first-order chi connectivity index (χ1) is 11.2. The summed E-state index contributed by atoms with van der Waals surface area (Å²) in [4.78, 5) is 0. The molecule has 3 rings (SSSR count). The summed E-state index contributed by atoms with van der Waals surface area (Å²) in [6.45, 7) is 3.73. The van der Waals surface area contributed by atoms with Crippen molar-refractivity contribution in [1.82, 2.24) is 0 Å². The van der Waals surface area contributed by atoms with Gasteiger partial charge in [0.25, 0.3) is 0 Å². The van der Waals surface area contributed by atoms with Gasteiger partial charge < -0.3 is 9.31 Å². The first-order valence-corrected chi connectivity index (χ1v) is 8.71. The van der Waals surface area contributed by atoms with Crippen molar-refractivity contribution in [1.29, 1.82) is 0 Å². The molecule has 0 unspecified atom stereocenters. The van der Waals surface area contributed by atoms with E-state index in [1.54, 1.807) is 0 Å². The highest BCUT2D eigenvalue weighted by molar-refractivity contribution is 6.61. The summed E-state index contributed by atoms with van der Waals surface area (Å²) in [5.74, 6) is 0.520. The van der Waals surface area contributed by atoms with Crippen LogP contribution in [0.25, 0.3) is 11.1 Å². The van der Waals surface area contributed by atoms with Crippen LogP contribution in [0.5, 0.6) is 0 Å². The van der Waals surface area contributed by atoms with Gasteiger partial charge in [0.05, 0.1) is 10.0 Å². The van der Waals surface area contributed by atoms with Crippen LogP contribution in [0.4, 0.5) is 0 Å². The van der Waals surface area contributed by atoms with Crippen LogP contribution in [-0.2, 0) is 9.31 Å². The Kier molecular flexibility index (Phi) is 5.65. The van der Waals surface area contributed by atoms with E-state index in [1.807, 2.05) is 30.3 Å². The lowest BCUT2D eigenvalue weighted by Crippen LogP contribution is -2.44. The Morgan fingerprint density at radius 2 is 1.61 bits per heavy atom. The molecule has 2 aromatic carbocycles. The van der Waals surface area contributed by atoms with E-state index in [4.69, 9.17) is 32.5 Å². The van der Waals surface area contributed by atoms with E-state index in [0.29, 0.717) is 16.0 Å². The van der Waals surface area contributed by atoms with E-state index in [2.05, 4.69) is 19.1 Å².